The average molecular weight is 234 g/mol. The third kappa shape index (κ3) is 4.22. The van der Waals surface area contributed by atoms with Gasteiger partial charge in [-0.2, -0.15) is 0 Å². The van der Waals surface area contributed by atoms with Crippen molar-refractivity contribution in [3.05, 3.63) is 29.8 Å². The van der Waals surface area contributed by atoms with Crippen LogP contribution < -0.4 is 0 Å². The van der Waals surface area contributed by atoms with Gasteiger partial charge in [-0.3, -0.25) is 4.79 Å². The molecule has 1 rings (SSSR count). The lowest BCUT2D eigenvalue weighted by Crippen LogP contribution is -2.13. The minimum absolute atomic E-state index is 0.131. The number of aromatic hydroxyl groups is 1. The predicted molar refractivity (Wildman–Crippen MR) is 70.4 cm³/mol. The summed E-state index contributed by atoms with van der Waals surface area (Å²) in [5, 5.41) is 9.20. The van der Waals surface area contributed by atoms with Crippen LogP contribution in [0, 0.1) is 5.92 Å². The van der Waals surface area contributed by atoms with Gasteiger partial charge in [0.05, 0.1) is 0 Å². The first-order chi connectivity index (χ1) is 8.19. The lowest BCUT2D eigenvalue weighted by atomic mass is 9.90. The van der Waals surface area contributed by atoms with E-state index in [0.717, 1.165) is 19.3 Å². The van der Waals surface area contributed by atoms with E-state index in [0.29, 0.717) is 5.56 Å². The normalized spacial score (nSPS) is 12.4. The van der Waals surface area contributed by atoms with E-state index in [4.69, 9.17) is 0 Å². The maximum Gasteiger partial charge on any atom is 0.165 e. The summed E-state index contributed by atoms with van der Waals surface area (Å²) in [6.07, 6.45) is 5.37. The second-order valence-electron chi connectivity index (χ2n) is 4.51. The van der Waals surface area contributed by atoms with Crippen LogP contribution in [-0.2, 0) is 0 Å². The largest absolute Gasteiger partial charge is 0.508 e. The van der Waals surface area contributed by atoms with E-state index in [9.17, 15) is 9.90 Å². The summed E-state index contributed by atoms with van der Waals surface area (Å²) in [6, 6.07) is 6.57. The molecular formula is C15H22O2. The van der Waals surface area contributed by atoms with Crippen LogP contribution in [0.25, 0.3) is 0 Å². The van der Waals surface area contributed by atoms with Gasteiger partial charge in [-0.15, -0.1) is 0 Å². The molecule has 0 fully saturated rings. The number of carbonyl (C=O) groups excluding carboxylic acids is 1. The predicted octanol–water partition coefficient (Wildman–Crippen LogP) is 4.18. The molecule has 1 N–H and O–H groups in total. The number of carbonyl (C=O) groups is 1. The van der Waals surface area contributed by atoms with Gasteiger partial charge in [0.15, 0.2) is 5.78 Å². The first-order valence-corrected chi connectivity index (χ1v) is 6.52. The van der Waals surface area contributed by atoms with Crippen molar-refractivity contribution in [3.63, 3.8) is 0 Å². The highest BCUT2D eigenvalue weighted by Crippen LogP contribution is 2.20. The molecule has 0 saturated carbocycles. The van der Waals surface area contributed by atoms with Gasteiger partial charge in [0, 0.05) is 11.5 Å². The van der Waals surface area contributed by atoms with Crippen LogP contribution >= 0.6 is 0 Å². The number of unbranched alkanes of at least 4 members (excludes halogenated alkanes) is 2. The van der Waals surface area contributed by atoms with Crippen LogP contribution in [0.3, 0.4) is 0 Å². The molecule has 2 heteroatoms. The molecule has 1 aromatic rings. The van der Waals surface area contributed by atoms with Crippen LogP contribution in [0.5, 0.6) is 5.75 Å². The zero-order valence-electron chi connectivity index (χ0n) is 10.8. The fraction of sp³-hybridized carbons (Fsp3) is 0.533. The average Bonchev–Trinajstić information content (AvgIpc) is 2.35. The summed E-state index contributed by atoms with van der Waals surface area (Å²) in [5.74, 6) is 0.551. The Balaban J connectivity index is 2.62. The Kier molecular flexibility index (Phi) is 5.75. The number of rotatable bonds is 7. The van der Waals surface area contributed by atoms with Crippen molar-refractivity contribution >= 4 is 5.78 Å². The number of hydrogen-bond acceptors (Lipinski definition) is 2. The Morgan fingerprint density at radius 2 is 1.82 bits per heavy atom. The molecule has 0 amide bonds. The molecule has 1 atom stereocenters. The van der Waals surface area contributed by atoms with Crippen molar-refractivity contribution in [2.75, 3.05) is 0 Å². The van der Waals surface area contributed by atoms with Gasteiger partial charge in [0.25, 0.3) is 0 Å². The van der Waals surface area contributed by atoms with Crippen LogP contribution in [0.2, 0.25) is 0 Å². The standard InChI is InChI=1S/C15H22O2/c1-3-5-6-7-12(4-2)15(17)13-8-10-14(16)11-9-13/h8-12,16H,3-7H2,1-2H3. The van der Waals surface area contributed by atoms with Gasteiger partial charge < -0.3 is 5.11 Å². The third-order valence-corrected chi connectivity index (χ3v) is 3.17. The Morgan fingerprint density at radius 1 is 1.18 bits per heavy atom. The van der Waals surface area contributed by atoms with Crippen molar-refractivity contribution in [1.82, 2.24) is 0 Å². The van der Waals surface area contributed by atoms with Gasteiger partial charge in [0.1, 0.15) is 5.75 Å². The minimum atomic E-state index is 0.131. The maximum absolute atomic E-state index is 12.2. The van der Waals surface area contributed by atoms with Gasteiger partial charge in [-0.05, 0) is 37.1 Å². The van der Waals surface area contributed by atoms with E-state index in [1.807, 2.05) is 0 Å². The van der Waals surface area contributed by atoms with E-state index in [1.54, 1.807) is 24.3 Å². The number of hydrogen-bond donors (Lipinski definition) is 1. The van der Waals surface area contributed by atoms with Crippen LogP contribution in [0.1, 0.15) is 56.3 Å². The number of Topliss-reactive ketones (excluding diaryl/α,β-unsaturated/α-hetero) is 1. The molecule has 0 aliphatic carbocycles. The number of phenols is 1. The topological polar surface area (TPSA) is 37.3 Å². The quantitative estimate of drug-likeness (QED) is 0.567. The first kappa shape index (κ1) is 13.8. The smallest absolute Gasteiger partial charge is 0.165 e. The number of ketones is 1. The second-order valence-corrected chi connectivity index (χ2v) is 4.51. The molecule has 2 nitrogen and oxygen atoms in total. The molecule has 0 bridgehead atoms. The molecule has 94 valence electrons. The van der Waals surface area contributed by atoms with E-state index in [1.165, 1.54) is 12.8 Å². The summed E-state index contributed by atoms with van der Waals surface area (Å²) >= 11 is 0. The summed E-state index contributed by atoms with van der Waals surface area (Å²) in [4.78, 5) is 12.2. The van der Waals surface area contributed by atoms with Gasteiger partial charge in [0.2, 0.25) is 0 Å². The monoisotopic (exact) mass is 234 g/mol. The Labute approximate surface area is 104 Å². The van der Waals surface area contributed by atoms with Gasteiger partial charge in [-0.1, -0.05) is 33.1 Å². The Bertz CT molecular complexity index is 340. The van der Waals surface area contributed by atoms with E-state index >= 15 is 0 Å². The highest BCUT2D eigenvalue weighted by molar-refractivity contribution is 5.97. The first-order valence-electron chi connectivity index (χ1n) is 6.52. The van der Waals surface area contributed by atoms with Crippen LogP contribution in [0.4, 0.5) is 0 Å². The molecule has 0 heterocycles. The molecule has 17 heavy (non-hydrogen) atoms. The maximum atomic E-state index is 12.2. The fourth-order valence-corrected chi connectivity index (χ4v) is 2.02. The van der Waals surface area contributed by atoms with Crippen LogP contribution in [0.15, 0.2) is 24.3 Å². The van der Waals surface area contributed by atoms with E-state index in [2.05, 4.69) is 13.8 Å². The number of phenolic OH excluding ortho intramolecular Hbond substituents is 1. The lowest BCUT2D eigenvalue weighted by Gasteiger charge is -2.13. The van der Waals surface area contributed by atoms with E-state index in [-0.39, 0.29) is 17.5 Å². The highest BCUT2D eigenvalue weighted by atomic mass is 16.3. The second kappa shape index (κ2) is 7.10. The lowest BCUT2D eigenvalue weighted by molar-refractivity contribution is 0.0908. The summed E-state index contributed by atoms with van der Waals surface area (Å²) in [6.45, 7) is 4.23. The molecular weight excluding hydrogens is 212 g/mol. The van der Waals surface area contributed by atoms with Crippen molar-refractivity contribution in [2.24, 2.45) is 5.92 Å². The molecule has 0 spiro atoms. The van der Waals surface area contributed by atoms with E-state index < -0.39 is 0 Å². The fourth-order valence-electron chi connectivity index (χ4n) is 2.02. The summed E-state index contributed by atoms with van der Waals surface area (Å²) in [7, 11) is 0. The van der Waals surface area contributed by atoms with Crippen molar-refractivity contribution in [3.8, 4) is 5.75 Å². The molecule has 0 aromatic heterocycles. The Morgan fingerprint density at radius 3 is 2.35 bits per heavy atom. The minimum Gasteiger partial charge on any atom is -0.508 e. The molecule has 0 radical (unpaired) electrons. The Hall–Kier alpha value is -1.31. The van der Waals surface area contributed by atoms with Gasteiger partial charge in [-0.25, -0.2) is 0 Å². The third-order valence-electron chi connectivity index (χ3n) is 3.17. The summed E-state index contributed by atoms with van der Waals surface area (Å²) in [5.41, 5.74) is 0.714. The van der Waals surface area contributed by atoms with Gasteiger partial charge >= 0.3 is 0 Å². The SMILES string of the molecule is CCCCCC(CC)C(=O)c1ccc(O)cc1. The van der Waals surface area contributed by atoms with Crippen molar-refractivity contribution < 1.29 is 9.90 Å². The summed E-state index contributed by atoms with van der Waals surface area (Å²) < 4.78 is 0. The molecule has 0 aliphatic heterocycles. The molecule has 1 unspecified atom stereocenters. The molecule has 0 aliphatic rings. The van der Waals surface area contributed by atoms with Crippen molar-refractivity contribution in [1.29, 1.82) is 0 Å². The zero-order valence-corrected chi connectivity index (χ0v) is 10.8. The number of benzene rings is 1. The van der Waals surface area contributed by atoms with Crippen molar-refractivity contribution in [2.45, 2.75) is 46.0 Å². The van der Waals surface area contributed by atoms with Crippen LogP contribution in [-0.4, -0.2) is 10.9 Å². The highest BCUT2D eigenvalue weighted by Gasteiger charge is 2.17. The molecule has 1 aromatic carbocycles. The zero-order chi connectivity index (χ0) is 12.7. The molecule has 0 saturated heterocycles.